The molecular weight excluding hydrogens is 619 g/mol. The van der Waals surface area contributed by atoms with Gasteiger partial charge in [-0.1, -0.05) is 26.0 Å². The Morgan fingerprint density at radius 1 is 1.37 bits per heavy atom. The number of aliphatic hydroxyl groups is 1. The van der Waals surface area contributed by atoms with Gasteiger partial charge in [0.25, 0.3) is 5.91 Å². The number of aliphatic hydroxyl groups excluding tert-OH is 1. The highest BCUT2D eigenvalue weighted by Crippen LogP contribution is 2.46. The molecule has 0 fully saturated rings. The second-order valence-electron chi connectivity index (χ2n) is 8.04. The van der Waals surface area contributed by atoms with Crippen LogP contribution in [-0.2, 0) is 9.32 Å². The Labute approximate surface area is 220 Å². The van der Waals surface area contributed by atoms with Crippen molar-refractivity contribution in [1.29, 1.82) is 0 Å². The smallest absolute Gasteiger partial charge is 0.406 e. The molecule has 0 aliphatic rings. The van der Waals surface area contributed by atoms with Gasteiger partial charge in [-0.2, -0.15) is 0 Å². The topological polar surface area (TPSA) is 88.1 Å². The van der Waals surface area contributed by atoms with Crippen LogP contribution in [-0.4, -0.2) is 48.9 Å². The van der Waals surface area contributed by atoms with E-state index in [1.165, 1.54) is 17.0 Å². The number of thiophene rings is 1. The lowest BCUT2D eigenvalue weighted by Crippen LogP contribution is -2.29. The predicted molar refractivity (Wildman–Crippen MR) is 140 cm³/mol. The van der Waals surface area contributed by atoms with Crippen molar-refractivity contribution in [2.75, 3.05) is 25.5 Å². The highest BCUT2D eigenvalue weighted by molar-refractivity contribution is 14.2. The molecule has 194 valence electrons. The Morgan fingerprint density at radius 3 is 2.69 bits per heavy atom. The fourth-order valence-corrected chi connectivity index (χ4v) is 5.53. The molecule has 1 aromatic heterocycles. The highest BCUT2D eigenvalue weighted by Gasteiger charge is 2.33. The lowest BCUT2D eigenvalue weighted by Gasteiger charge is -2.21. The quantitative estimate of drug-likeness (QED) is 0.114. The minimum Gasteiger partial charge on any atom is -0.406 e. The number of ether oxygens (including phenoxy) is 1. The number of amides is 2. The van der Waals surface area contributed by atoms with Gasteiger partial charge in [0.15, 0.2) is 0 Å². The summed E-state index contributed by atoms with van der Waals surface area (Å²) in [7, 11) is 1.60. The number of alkyl halides is 3. The zero-order chi connectivity index (χ0) is 26.2. The second kappa shape index (κ2) is 13.7. The third-order valence-corrected chi connectivity index (χ3v) is 7.28. The molecule has 0 aliphatic heterocycles. The lowest BCUT2D eigenvalue weighted by molar-refractivity contribution is -0.274. The molecule has 35 heavy (non-hydrogen) atoms. The van der Waals surface area contributed by atoms with Crippen molar-refractivity contribution in [3.63, 3.8) is 0 Å². The minimum absolute atomic E-state index is 0.0621. The molecule has 2 unspecified atom stereocenters. The number of anilines is 1. The summed E-state index contributed by atoms with van der Waals surface area (Å²) >= 11 is 3.12. The fourth-order valence-electron chi connectivity index (χ4n) is 3.45. The van der Waals surface area contributed by atoms with Crippen molar-refractivity contribution in [2.24, 2.45) is 5.92 Å². The summed E-state index contributed by atoms with van der Waals surface area (Å²) in [6, 6.07) is 5.31. The molecule has 0 bridgehead atoms. The molecule has 0 saturated heterocycles. The van der Waals surface area contributed by atoms with Crippen LogP contribution < -0.4 is 10.1 Å². The van der Waals surface area contributed by atoms with E-state index < -0.39 is 24.1 Å². The lowest BCUT2D eigenvalue weighted by atomic mass is 9.94. The van der Waals surface area contributed by atoms with E-state index in [4.69, 9.17) is 4.52 Å². The standard InChI is InChI=1S/C22H27F3IN2O5PS/c1-13(2)10-16(30)17-18(21(31)28(3)8-5-9-32-34-26)20(27-12-29)35-19(17)14-6-4-7-15(11-14)33-22(23,24)25/h4,6-7,11-13,16,30,34H,5,8-10H2,1-3H3,(H,27,29). The molecule has 2 N–H and O–H groups in total. The summed E-state index contributed by atoms with van der Waals surface area (Å²) in [6.07, 6.45) is -4.65. The Bertz CT molecular complexity index is 1010. The van der Waals surface area contributed by atoms with Gasteiger partial charge in [-0.25, -0.2) is 0 Å². The molecule has 0 radical (unpaired) electrons. The maximum Gasteiger partial charge on any atom is 0.573 e. The molecule has 2 amide bonds. The van der Waals surface area contributed by atoms with E-state index in [0.717, 1.165) is 17.4 Å². The fraction of sp³-hybridized carbons (Fsp3) is 0.455. The van der Waals surface area contributed by atoms with Crippen molar-refractivity contribution in [2.45, 2.75) is 39.2 Å². The van der Waals surface area contributed by atoms with Gasteiger partial charge in [0, 0.05) is 24.0 Å². The highest BCUT2D eigenvalue weighted by atomic mass is 127. The van der Waals surface area contributed by atoms with E-state index in [9.17, 15) is 27.9 Å². The van der Waals surface area contributed by atoms with Crippen LogP contribution in [0.2, 0.25) is 0 Å². The maximum atomic E-state index is 13.5. The van der Waals surface area contributed by atoms with E-state index in [1.807, 2.05) is 13.8 Å². The largest absolute Gasteiger partial charge is 0.573 e. The molecule has 2 atom stereocenters. The van der Waals surface area contributed by atoms with Gasteiger partial charge in [-0.15, -0.1) is 24.5 Å². The number of hydrogen-bond donors (Lipinski definition) is 2. The van der Waals surface area contributed by atoms with Gasteiger partial charge < -0.3 is 24.6 Å². The number of carbonyl (C=O) groups is 2. The van der Waals surface area contributed by atoms with Crippen molar-refractivity contribution < 1.29 is 37.1 Å². The van der Waals surface area contributed by atoms with Crippen LogP contribution in [0.5, 0.6) is 5.75 Å². The van der Waals surface area contributed by atoms with E-state index in [0.29, 0.717) is 49.3 Å². The maximum absolute atomic E-state index is 13.5. The average molecular weight is 646 g/mol. The van der Waals surface area contributed by atoms with Crippen LogP contribution >= 0.6 is 39.8 Å². The van der Waals surface area contributed by atoms with Crippen molar-refractivity contribution >= 4 is 57.1 Å². The van der Waals surface area contributed by atoms with Gasteiger partial charge in [-0.3, -0.25) is 9.59 Å². The summed E-state index contributed by atoms with van der Waals surface area (Å²) < 4.78 is 47.7. The van der Waals surface area contributed by atoms with Gasteiger partial charge >= 0.3 is 6.36 Å². The summed E-state index contributed by atoms with van der Waals surface area (Å²) in [5, 5.41) is 13.8. The normalized spacial score (nSPS) is 12.8. The van der Waals surface area contributed by atoms with E-state index in [-0.39, 0.29) is 22.0 Å². The molecule has 0 aliphatic carbocycles. The SMILES string of the molecule is CC(C)CC(O)c1c(-c2cccc(OC(F)(F)F)c2)sc(NC=O)c1C(=O)N(C)CCCOPI. The molecule has 7 nitrogen and oxygen atoms in total. The minimum atomic E-state index is -4.87. The summed E-state index contributed by atoms with van der Waals surface area (Å²) in [5.41, 5.74) is 0.701. The van der Waals surface area contributed by atoms with E-state index >= 15 is 0 Å². The van der Waals surface area contributed by atoms with Crippen LogP contribution in [0.1, 0.15) is 48.7 Å². The third kappa shape index (κ3) is 8.85. The summed E-state index contributed by atoms with van der Waals surface area (Å²) in [6.45, 7) is 4.96. The zero-order valence-corrected chi connectivity index (χ0v) is 23.3. The number of benzene rings is 1. The third-order valence-electron chi connectivity index (χ3n) is 4.85. The Hall–Kier alpha value is -1.47. The first-order chi connectivity index (χ1) is 16.5. The first kappa shape index (κ1) is 29.8. The van der Waals surface area contributed by atoms with Gasteiger partial charge in [0.1, 0.15) is 10.8 Å². The molecule has 0 spiro atoms. The molecule has 1 aromatic carbocycles. The summed E-state index contributed by atoms with van der Waals surface area (Å²) in [5.74, 6) is -0.792. The van der Waals surface area contributed by atoms with E-state index in [2.05, 4.69) is 32.1 Å². The number of hydrogen-bond acceptors (Lipinski definition) is 6. The van der Waals surface area contributed by atoms with Crippen molar-refractivity contribution in [3.8, 4) is 16.2 Å². The average Bonchev–Trinajstić information content (AvgIpc) is 3.14. The molecule has 13 heteroatoms. The van der Waals surface area contributed by atoms with Gasteiger partial charge in [0.05, 0.1) is 24.7 Å². The number of carbonyl (C=O) groups excluding carboxylic acids is 2. The molecule has 0 saturated carbocycles. The first-order valence-electron chi connectivity index (χ1n) is 10.6. The molecule has 1 heterocycles. The van der Waals surface area contributed by atoms with Crippen LogP contribution in [0.25, 0.3) is 10.4 Å². The van der Waals surface area contributed by atoms with Crippen LogP contribution in [0.4, 0.5) is 18.2 Å². The zero-order valence-electron chi connectivity index (χ0n) is 19.3. The number of nitrogens with one attached hydrogen (secondary N) is 1. The number of nitrogens with zero attached hydrogens (tertiary/aromatic N) is 1. The van der Waals surface area contributed by atoms with Gasteiger partial charge in [-0.05, 0) is 58.5 Å². The predicted octanol–water partition coefficient (Wildman–Crippen LogP) is 6.38. The molecular formula is C22H27F3IN2O5PS. The second-order valence-corrected chi connectivity index (χ2v) is 10.8. The van der Waals surface area contributed by atoms with Crippen molar-refractivity contribution in [3.05, 3.63) is 35.4 Å². The Balaban J connectivity index is 2.60. The monoisotopic (exact) mass is 646 g/mol. The molecule has 2 aromatic rings. The van der Waals surface area contributed by atoms with Crippen LogP contribution in [0, 0.1) is 5.92 Å². The Kier molecular flexibility index (Phi) is 11.7. The van der Waals surface area contributed by atoms with Crippen molar-refractivity contribution in [1.82, 2.24) is 4.90 Å². The van der Waals surface area contributed by atoms with Crippen LogP contribution in [0.15, 0.2) is 24.3 Å². The number of rotatable bonds is 13. The summed E-state index contributed by atoms with van der Waals surface area (Å²) in [4.78, 5) is 26.6. The van der Waals surface area contributed by atoms with Crippen LogP contribution in [0.3, 0.4) is 0 Å². The number of halogens is 4. The first-order valence-corrected chi connectivity index (χ1v) is 15.5. The molecule has 2 rings (SSSR count). The van der Waals surface area contributed by atoms with Gasteiger partial charge in [0.2, 0.25) is 6.41 Å². The van der Waals surface area contributed by atoms with E-state index in [1.54, 1.807) is 13.1 Å². The Morgan fingerprint density at radius 2 is 2.09 bits per heavy atom.